The highest BCUT2D eigenvalue weighted by atomic mass is 32.1. The second kappa shape index (κ2) is 6.81. The van der Waals surface area contributed by atoms with Gasteiger partial charge in [-0.25, -0.2) is 4.98 Å². The first kappa shape index (κ1) is 16.0. The summed E-state index contributed by atoms with van der Waals surface area (Å²) in [5.41, 5.74) is 1.13. The number of carbonyl (C=O) groups excluding carboxylic acids is 1. The normalized spacial score (nSPS) is 25.5. The molecule has 1 aromatic heterocycles. The molecule has 1 saturated carbocycles. The van der Waals surface area contributed by atoms with Gasteiger partial charge in [-0.05, 0) is 37.8 Å². The van der Waals surface area contributed by atoms with Gasteiger partial charge in [-0.3, -0.25) is 4.79 Å². The first-order valence-electron chi connectivity index (χ1n) is 9.17. The minimum atomic E-state index is 0.225. The molecule has 2 aliphatic rings. The Hall–Kier alpha value is -1.46. The van der Waals surface area contributed by atoms with Crippen molar-refractivity contribution < 1.29 is 9.69 Å². The number of piperidine rings is 1. The molecule has 128 valence electrons. The number of hydrogen-bond donors (Lipinski definition) is 2. The van der Waals surface area contributed by atoms with E-state index in [-0.39, 0.29) is 5.91 Å². The van der Waals surface area contributed by atoms with E-state index in [9.17, 15) is 4.79 Å². The molecule has 4 nitrogen and oxygen atoms in total. The number of likely N-dealkylation sites (tertiary alicyclic amines) is 1. The molecule has 2 N–H and O–H groups in total. The molecule has 1 atom stereocenters. The van der Waals surface area contributed by atoms with Gasteiger partial charge >= 0.3 is 0 Å². The molecular weight excluding hydrogens is 318 g/mol. The number of rotatable bonds is 5. The second-order valence-corrected chi connectivity index (χ2v) is 8.48. The average Bonchev–Trinajstić information content (AvgIpc) is 3.34. The standard InChI is InChI=1S/C19H25N3OS/c1-13(14-6-7-14)20-18(23)12-22-10-8-15(9-11-22)19-21-16-4-2-3-5-17(16)24-19/h2-5,13-15H,6-12H2,1H3,(H,20,23)/p+1/t13-/m0/s1. The third-order valence-electron chi connectivity index (χ3n) is 5.48. The van der Waals surface area contributed by atoms with Gasteiger partial charge in [0.1, 0.15) is 0 Å². The van der Waals surface area contributed by atoms with Crippen molar-refractivity contribution in [3.63, 3.8) is 0 Å². The maximum atomic E-state index is 12.2. The zero-order valence-electron chi connectivity index (χ0n) is 14.3. The van der Waals surface area contributed by atoms with Crippen molar-refractivity contribution >= 4 is 27.5 Å². The Morgan fingerprint density at radius 1 is 1.29 bits per heavy atom. The monoisotopic (exact) mass is 344 g/mol. The molecule has 0 radical (unpaired) electrons. The fraction of sp³-hybridized carbons (Fsp3) is 0.579. The van der Waals surface area contributed by atoms with Crippen LogP contribution in [0.1, 0.15) is 43.5 Å². The van der Waals surface area contributed by atoms with Crippen molar-refractivity contribution in [1.29, 1.82) is 0 Å². The zero-order chi connectivity index (χ0) is 16.5. The quantitative estimate of drug-likeness (QED) is 0.871. The van der Waals surface area contributed by atoms with Gasteiger partial charge in [0.15, 0.2) is 6.54 Å². The molecule has 1 aliphatic carbocycles. The number of nitrogens with one attached hydrogen (secondary N) is 2. The van der Waals surface area contributed by atoms with Crippen molar-refractivity contribution in [1.82, 2.24) is 10.3 Å². The van der Waals surface area contributed by atoms with E-state index in [1.807, 2.05) is 11.3 Å². The number of carbonyl (C=O) groups is 1. The topological polar surface area (TPSA) is 46.4 Å². The van der Waals surface area contributed by atoms with Gasteiger partial charge in [-0.15, -0.1) is 11.3 Å². The number of hydrogen-bond acceptors (Lipinski definition) is 3. The fourth-order valence-corrected chi connectivity index (χ4v) is 4.90. The van der Waals surface area contributed by atoms with E-state index in [4.69, 9.17) is 4.98 Å². The summed E-state index contributed by atoms with van der Waals surface area (Å²) < 4.78 is 1.29. The number of para-hydroxylation sites is 1. The lowest BCUT2D eigenvalue weighted by molar-refractivity contribution is -0.897. The Labute approximate surface area is 147 Å². The van der Waals surface area contributed by atoms with E-state index in [0.717, 1.165) is 37.4 Å². The van der Waals surface area contributed by atoms with Crippen LogP contribution in [-0.2, 0) is 4.79 Å². The summed E-state index contributed by atoms with van der Waals surface area (Å²) in [6, 6.07) is 8.75. The number of aromatic nitrogens is 1. The molecule has 24 heavy (non-hydrogen) atoms. The van der Waals surface area contributed by atoms with E-state index in [0.29, 0.717) is 18.5 Å². The van der Waals surface area contributed by atoms with Crippen LogP contribution >= 0.6 is 11.3 Å². The SMILES string of the molecule is C[C@H](NC(=O)C[NH+]1CCC(c2nc3ccccc3s2)CC1)C1CC1. The molecule has 4 rings (SSSR count). The molecule has 0 unspecified atom stereocenters. The highest BCUT2D eigenvalue weighted by Gasteiger charge is 2.31. The molecule has 1 saturated heterocycles. The van der Waals surface area contributed by atoms with Gasteiger partial charge in [0.2, 0.25) is 0 Å². The Morgan fingerprint density at radius 3 is 2.75 bits per heavy atom. The van der Waals surface area contributed by atoms with Gasteiger partial charge in [0.05, 0.1) is 28.3 Å². The lowest BCUT2D eigenvalue weighted by Gasteiger charge is -2.28. The summed E-state index contributed by atoms with van der Waals surface area (Å²) in [6.07, 6.45) is 4.84. The number of fused-ring (bicyclic) bond motifs is 1. The highest BCUT2D eigenvalue weighted by Crippen LogP contribution is 2.32. The Kier molecular flexibility index (Phi) is 4.55. The molecule has 1 aromatic carbocycles. The van der Waals surface area contributed by atoms with E-state index in [1.165, 1.54) is 27.4 Å². The minimum Gasteiger partial charge on any atom is -0.348 e. The molecule has 0 bridgehead atoms. The second-order valence-electron chi connectivity index (χ2n) is 7.41. The van der Waals surface area contributed by atoms with Crippen LogP contribution in [-0.4, -0.2) is 36.6 Å². The number of quaternary nitrogens is 1. The Balaban J connectivity index is 1.29. The molecule has 1 aliphatic heterocycles. The van der Waals surface area contributed by atoms with Gasteiger partial charge < -0.3 is 10.2 Å². The minimum absolute atomic E-state index is 0.225. The molecule has 5 heteroatoms. The predicted octanol–water partition coefficient (Wildman–Crippen LogP) is 1.97. The first-order valence-corrected chi connectivity index (χ1v) is 9.99. The van der Waals surface area contributed by atoms with Crippen molar-refractivity contribution in [3.05, 3.63) is 29.3 Å². The number of nitrogens with zero attached hydrogens (tertiary/aromatic N) is 1. The maximum absolute atomic E-state index is 12.2. The van der Waals surface area contributed by atoms with Gasteiger partial charge in [-0.2, -0.15) is 0 Å². The number of thiazole rings is 1. The van der Waals surface area contributed by atoms with Crippen LogP contribution in [0.25, 0.3) is 10.2 Å². The van der Waals surface area contributed by atoms with Crippen molar-refractivity contribution in [3.8, 4) is 0 Å². The fourth-order valence-electron chi connectivity index (χ4n) is 3.76. The largest absolute Gasteiger partial charge is 0.348 e. The van der Waals surface area contributed by atoms with Crippen LogP contribution in [0.5, 0.6) is 0 Å². The van der Waals surface area contributed by atoms with Gasteiger partial charge in [0, 0.05) is 24.8 Å². The van der Waals surface area contributed by atoms with Crippen LogP contribution in [0.3, 0.4) is 0 Å². The summed E-state index contributed by atoms with van der Waals surface area (Å²) in [5.74, 6) is 1.52. The number of amides is 1. The third kappa shape index (κ3) is 3.62. The van der Waals surface area contributed by atoms with Crippen molar-refractivity contribution in [2.45, 2.75) is 44.6 Å². The van der Waals surface area contributed by atoms with Crippen LogP contribution < -0.4 is 10.2 Å². The first-order chi connectivity index (χ1) is 11.7. The highest BCUT2D eigenvalue weighted by molar-refractivity contribution is 7.18. The maximum Gasteiger partial charge on any atom is 0.275 e. The summed E-state index contributed by atoms with van der Waals surface area (Å²) in [4.78, 5) is 18.4. The van der Waals surface area contributed by atoms with E-state index in [2.05, 4.69) is 36.5 Å². The van der Waals surface area contributed by atoms with Crippen molar-refractivity contribution in [2.24, 2.45) is 5.92 Å². The van der Waals surface area contributed by atoms with Gasteiger partial charge in [0.25, 0.3) is 5.91 Å². The third-order valence-corrected chi connectivity index (χ3v) is 6.68. The van der Waals surface area contributed by atoms with E-state index >= 15 is 0 Å². The smallest absolute Gasteiger partial charge is 0.275 e. The van der Waals surface area contributed by atoms with Crippen LogP contribution in [0.4, 0.5) is 0 Å². The Bertz CT molecular complexity index is 683. The van der Waals surface area contributed by atoms with Crippen molar-refractivity contribution in [2.75, 3.05) is 19.6 Å². The molecule has 2 heterocycles. The van der Waals surface area contributed by atoms with E-state index < -0.39 is 0 Å². The molecule has 0 spiro atoms. The van der Waals surface area contributed by atoms with Crippen LogP contribution in [0.15, 0.2) is 24.3 Å². The van der Waals surface area contributed by atoms with Crippen LogP contribution in [0.2, 0.25) is 0 Å². The molecule has 2 fully saturated rings. The van der Waals surface area contributed by atoms with Crippen LogP contribution in [0, 0.1) is 5.92 Å². The molecule has 1 amide bonds. The summed E-state index contributed by atoms with van der Waals surface area (Å²) in [6.45, 7) is 4.92. The zero-order valence-corrected chi connectivity index (χ0v) is 15.1. The molecular formula is C19H26N3OS+. The van der Waals surface area contributed by atoms with Gasteiger partial charge in [-0.1, -0.05) is 12.1 Å². The van der Waals surface area contributed by atoms with E-state index in [1.54, 1.807) is 0 Å². The lowest BCUT2D eigenvalue weighted by atomic mass is 9.97. The summed E-state index contributed by atoms with van der Waals surface area (Å²) in [5, 5.41) is 4.46. The Morgan fingerprint density at radius 2 is 2.04 bits per heavy atom. The molecule has 2 aromatic rings. The summed E-state index contributed by atoms with van der Waals surface area (Å²) >= 11 is 1.84. The number of benzene rings is 1. The average molecular weight is 345 g/mol. The predicted molar refractivity (Wildman–Crippen MR) is 97.5 cm³/mol. The lowest BCUT2D eigenvalue weighted by Crippen LogP contribution is -3.14. The summed E-state index contributed by atoms with van der Waals surface area (Å²) in [7, 11) is 0.